The molecule has 1 N–H and O–H groups in total. The normalized spacial score (nSPS) is 13.4. The van der Waals surface area contributed by atoms with Gasteiger partial charge in [0, 0.05) is 37.2 Å². The van der Waals surface area contributed by atoms with E-state index in [1.54, 1.807) is 52.3 Å². The molecule has 1 aliphatic heterocycles. The fourth-order valence-corrected chi connectivity index (χ4v) is 3.24. The second-order valence-electron chi connectivity index (χ2n) is 6.80. The lowest BCUT2D eigenvalue weighted by Gasteiger charge is -2.13. The topological polar surface area (TPSA) is 97.3 Å². The highest BCUT2D eigenvalue weighted by Gasteiger charge is 2.22. The molecule has 1 saturated heterocycles. The Morgan fingerprint density at radius 2 is 1.83 bits per heavy atom. The van der Waals surface area contributed by atoms with Gasteiger partial charge in [-0.3, -0.25) is 9.59 Å². The van der Waals surface area contributed by atoms with Crippen molar-refractivity contribution in [1.29, 1.82) is 0 Å². The van der Waals surface area contributed by atoms with Gasteiger partial charge in [0.2, 0.25) is 5.78 Å². The first-order chi connectivity index (χ1) is 14.1. The summed E-state index contributed by atoms with van der Waals surface area (Å²) < 4.78 is 6.80. The van der Waals surface area contributed by atoms with Crippen LogP contribution in [0.15, 0.2) is 55.0 Å². The minimum atomic E-state index is -0.589. The molecule has 0 bridgehead atoms. The Hall–Kier alpha value is -3.68. The average Bonchev–Trinajstić information content (AvgIpc) is 3.52. The summed E-state index contributed by atoms with van der Waals surface area (Å²) in [5, 5.41) is 4.12. The van der Waals surface area contributed by atoms with E-state index in [0.717, 1.165) is 31.6 Å². The number of rotatable bonds is 6. The summed E-state index contributed by atoms with van der Waals surface area (Å²) in [4.78, 5) is 41.5. The summed E-state index contributed by atoms with van der Waals surface area (Å²) in [7, 11) is 0. The standard InChI is InChI=1S/C21H20N4O4/c26-19(16-12-18(22-13-16)20(27)24-9-1-2-10-24)14-29-21(28)15-4-6-17(7-5-15)25-11-3-8-23-25/h3-8,11-13,22H,1-2,9-10,14H2. The Morgan fingerprint density at radius 1 is 1.07 bits per heavy atom. The van der Waals surface area contributed by atoms with Crippen molar-refractivity contribution in [2.45, 2.75) is 12.8 Å². The molecule has 4 rings (SSSR count). The highest BCUT2D eigenvalue weighted by Crippen LogP contribution is 2.14. The number of carbonyl (C=O) groups is 3. The van der Waals surface area contributed by atoms with Gasteiger partial charge >= 0.3 is 5.97 Å². The smallest absolute Gasteiger partial charge is 0.338 e. The third kappa shape index (κ3) is 4.11. The zero-order valence-electron chi connectivity index (χ0n) is 15.7. The van der Waals surface area contributed by atoms with Gasteiger partial charge in [0.05, 0.1) is 11.3 Å². The number of nitrogens with zero attached hydrogens (tertiary/aromatic N) is 3. The molecule has 2 aromatic heterocycles. The number of H-pyrrole nitrogens is 1. The minimum Gasteiger partial charge on any atom is -0.454 e. The van der Waals surface area contributed by atoms with Crippen LogP contribution in [0.4, 0.5) is 0 Å². The lowest BCUT2D eigenvalue weighted by molar-refractivity contribution is 0.0474. The molecule has 0 aliphatic carbocycles. The predicted octanol–water partition coefficient (Wildman–Crippen LogP) is 2.48. The Bertz CT molecular complexity index is 1020. The van der Waals surface area contributed by atoms with E-state index in [2.05, 4.69) is 10.1 Å². The van der Waals surface area contributed by atoms with Crippen molar-refractivity contribution in [3.05, 3.63) is 71.8 Å². The summed E-state index contributed by atoms with van der Waals surface area (Å²) in [6, 6.07) is 10.0. The zero-order valence-corrected chi connectivity index (χ0v) is 15.7. The maximum atomic E-state index is 12.3. The lowest BCUT2D eigenvalue weighted by Crippen LogP contribution is -2.27. The minimum absolute atomic E-state index is 0.115. The zero-order chi connectivity index (χ0) is 20.2. The summed E-state index contributed by atoms with van der Waals surface area (Å²) in [5.74, 6) is -1.08. The number of Topliss-reactive ketones (excluding diaryl/α,β-unsaturated/α-hetero) is 1. The van der Waals surface area contributed by atoms with Gasteiger partial charge in [0.25, 0.3) is 5.91 Å². The molecule has 1 aromatic carbocycles. The second-order valence-corrected chi connectivity index (χ2v) is 6.80. The molecule has 0 atom stereocenters. The monoisotopic (exact) mass is 392 g/mol. The van der Waals surface area contributed by atoms with E-state index in [-0.39, 0.29) is 11.7 Å². The fourth-order valence-electron chi connectivity index (χ4n) is 3.24. The highest BCUT2D eigenvalue weighted by molar-refractivity contribution is 6.02. The molecule has 3 aromatic rings. The number of hydrogen-bond donors (Lipinski definition) is 1. The number of aromatic amines is 1. The Labute approximate surface area is 167 Å². The summed E-state index contributed by atoms with van der Waals surface area (Å²) in [5.41, 5.74) is 1.84. The van der Waals surface area contributed by atoms with Gasteiger partial charge in [0.1, 0.15) is 5.69 Å². The van der Waals surface area contributed by atoms with E-state index in [9.17, 15) is 14.4 Å². The van der Waals surface area contributed by atoms with Gasteiger partial charge in [-0.25, -0.2) is 9.48 Å². The van der Waals surface area contributed by atoms with Crippen LogP contribution >= 0.6 is 0 Å². The number of amides is 1. The number of carbonyl (C=O) groups excluding carboxylic acids is 3. The third-order valence-electron chi connectivity index (χ3n) is 4.83. The van der Waals surface area contributed by atoms with Crippen molar-refractivity contribution in [3.63, 3.8) is 0 Å². The van der Waals surface area contributed by atoms with Gasteiger partial charge < -0.3 is 14.6 Å². The first-order valence-corrected chi connectivity index (χ1v) is 9.40. The number of ketones is 1. The van der Waals surface area contributed by atoms with Gasteiger partial charge in [-0.2, -0.15) is 5.10 Å². The first kappa shape index (κ1) is 18.7. The number of ether oxygens (including phenoxy) is 1. The van der Waals surface area contributed by atoms with Crippen molar-refractivity contribution >= 4 is 17.7 Å². The average molecular weight is 392 g/mol. The lowest BCUT2D eigenvalue weighted by atomic mass is 10.2. The van der Waals surface area contributed by atoms with Gasteiger partial charge in [-0.1, -0.05) is 0 Å². The number of nitrogens with one attached hydrogen (secondary N) is 1. The molecule has 0 saturated carbocycles. The van der Waals surface area contributed by atoms with E-state index in [1.807, 2.05) is 0 Å². The Kier molecular flexibility index (Phi) is 5.24. The van der Waals surface area contributed by atoms with Crippen molar-refractivity contribution in [2.75, 3.05) is 19.7 Å². The van der Waals surface area contributed by atoms with E-state index >= 15 is 0 Å². The van der Waals surface area contributed by atoms with E-state index < -0.39 is 12.6 Å². The number of esters is 1. The maximum Gasteiger partial charge on any atom is 0.338 e. The molecule has 3 heterocycles. The van der Waals surface area contributed by atoms with Crippen LogP contribution in [-0.2, 0) is 4.74 Å². The van der Waals surface area contributed by atoms with Crippen LogP contribution < -0.4 is 0 Å². The molecule has 0 spiro atoms. The van der Waals surface area contributed by atoms with Gasteiger partial charge in [-0.05, 0) is 49.2 Å². The van der Waals surface area contributed by atoms with E-state index in [0.29, 0.717) is 16.8 Å². The highest BCUT2D eigenvalue weighted by atomic mass is 16.5. The SMILES string of the molecule is O=C(COC(=O)c1ccc(-n2cccn2)cc1)c1c[nH]c(C(=O)N2CCCC2)c1. The summed E-state index contributed by atoms with van der Waals surface area (Å²) in [6.45, 7) is 1.07. The molecule has 0 radical (unpaired) electrons. The van der Waals surface area contributed by atoms with Crippen molar-refractivity contribution < 1.29 is 19.1 Å². The molecule has 148 valence electrons. The van der Waals surface area contributed by atoms with Gasteiger partial charge in [-0.15, -0.1) is 0 Å². The van der Waals surface area contributed by atoms with Crippen LogP contribution in [0.3, 0.4) is 0 Å². The molecule has 0 unspecified atom stereocenters. The van der Waals surface area contributed by atoms with Crippen molar-refractivity contribution in [3.8, 4) is 5.69 Å². The Balaban J connectivity index is 1.33. The first-order valence-electron chi connectivity index (χ1n) is 9.40. The maximum absolute atomic E-state index is 12.3. The number of likely N-dealkylation sites (tertiary alicyclic amines) is 1. The molecular formula is C21H20N4O4. The second kappa shape index (κ2) is 8.14. The van der Waals surface area contributed by atoms with Crippen LogP contribution in [0, 0.1) is 0 Å². The van der Waals surface area contributed by atoms with Crippen molar-refractivity contribution in [2.24, 2.45) is 0 Å². The molecule has 1 amide bonds. The molecule has 29 heavy (non-hydrogen) atoms. The van der Waals surface area contributed by atoms with Crippen LogP contribution in [0.2, 0.25) is 0 Å². The van der Waals surface area contributed by atoms with Gasteiger partial charge in [0.15, 0.2) is 6.61 Å². The van der Waals surface area contributed by atoms with Crippen LogP contribution in [-0.4, -0.2) is 57.0 Å². The molecule has 8 nitrogen and oxygen atoms in total. The largest absolute Gasteiger partial charge is 0.454 e. The molecular weight excluding hydrogens is 372 g/mol. The summed E-state index contributed by atoms with van der Waals surface area (Å²) in [6.07, 6.45) is 6.93. The number of benzene rings is 1. The molecule has 8 heteroatoms. The van der Waals surface area contributed by atoms with E-state index in [1.165, 1.54) is 12.3 Å². The van der Waals surface area contributed by atoms with E-state index in [4.69, 9.17) is 4.74 Å². The summed E-state index contributed by atoms with van der Waals surface area (Å²) >= 11 is 0. The predicted molar refractivity (Wildman–Crippen MR) is 104 cm³/mol. The fraction of sp³-hybridized carbons (Fsp3) is 0.238. The Morgan fingerprint density at radius 3 is 2.52 bits per heavy atom. The molecule has 1 fully saturated rings. The quantitative estimate of drug-likeness (QED) is 0.513. The van der Waals surface area contributed by atoms with Crippen molar-refractivity contribution in [1.82, 2.24) is 19.7 Å². The number of aromatic nitrogens is 3. The van der Waals surface area contributed by atoms with Crippen LogP contribution in [0.1, 0.15) is 44.0 Å². The molecule has 1 aliphatic rings. The van der Waals surface area contributed by atoms with Crippen LogP contribution in [0.5, 0.6) is 0 Å². The third-order valence-corrected chi connectivity index (χ3v) is 4.83. The van der Waals surface area contributed by atoms with Crippen LogP contribution in [0.25, 0.3) is 5.69 Å². The number of hydrogen-bond acceptors (Lipinski definition) is 5.